The van der Waals surface area contributed by atoms with Crippen molar-refractivity contribution in [1.82, 2.24) is 9.78 Å². The van der Waals surface area contributed by atoms with Gasteiger partial charge in [0.05, 0.1) is 22.5 Å². The standard InChI is InChI=1S/C22H21N3O2/c1-16-19(14-23)20(25(24-16)18-12-8-5-9-13-18)15-27-21(26)22(2,3)17-10-6-4-7-11-17/h4-13H,15H2,1-3H3. The highest BCUT2D eigenvalue weighted by Gasteiger charge is 2.32. The van der Waals surface area contributed by atoms with E-state index in [9.17, 15) is 10.1 Å². The van der Waals surface area contributed by atoms with Gasteiger partial charge in [-0.25, -0.2) is 4.68 Å². The van der Waals surface area contributed by atoms with Crippen LogP contribution in [0, 0.1) is 18.3 Å². The van der Waals surface area contributed by atoms with E-state index in [0.29, 0.717) is 17.0 Å². The highest BCUT2D eigenvalue weighted by atomic mass is 16.5. The molecule has 5 heteroatoms. The number of carbonyl (C=O) groups excluding carboxylic acids is 1. The zero-order valence-electron chi connectivity index (χ0n) is 15.6. The van der Waals surface area contributed by atoms with Crippen molar-refractivity contribution in [3.8, 4) is 11.8 Å². The van der Waals surface area contributed by atoms with Gasteiger partial charge in [0, 0.05) is 0 Å². The van der Waals surface area contributed by atoms with Gasteiger partial charge < -0.3 is 4.74 Å². The Kier molecular flexibility index (Phi) is 5.09. The van der Waals surface area contributed by atoms with E-state index >= 15 is 0 Å². The van der Waals surface area contributed by atoms with Gasteiger partial charge in [0.1, 0.15) is 18.2 Å². The average molecular weight is 359 g/mol. The molecule has 0 amide bonds. The monoisotopic (exact) mass is 359 g/mol. The van der Waals surface area contributed by atoms with E-state index in [2.05, 4.69) is 11.2 Å². The van der Waals surface area contributed by atoms with Gasteiger partial charge in [0.15, 0.2) is 0 Å². The highest BCUT2D eigenvalue weighted by Crippen LogP contribution is 2.26. The summed E-state index contributed by atoms with van der Waals surface area (Å²) in [5.74, 6) is -0.351. The van der Waals surface area contributed by atoms with E-state index in [-0.39, 0.29) is 12.6 Å². The summed E-state index contributed by atoms with van der Waals surface area (Å²) in [6.45, 7) is 5.41. The minimum absolute atomic E-state index is 0.0201. The fourth-order valence-electron chi connectivity index (χ4n) is 2.92. The molecule has 0 bridgehead atoms. The van der Waals surface area contributed by atoms with Crippen LogP contribution in [0.4, 0.5) is 0 Å². The van der Waals surface area contributed by atoms with E-state index in [1.807, 2.05) is 74.5 Å². The first-order valence-corrected chi connectivity index (χ1v) is 8.72. The van der Waals surface area contributed by atoms with Crippen LogP contribution in [0.3, 0.4) is 0 Å². The molecule has 0 spiro atoms. The first kappa shape index (κ1) is 18.4. The first-order valence-electron chi connectivity index (χ1n) is 8.72. The summed E-state index contributed by atoms with van der Waals surface area (Å²) in [6, 6.07) is 21.2. The van der Waals surface area contributed by atoms with Crippen molar-refractivity contribution in [2.75, 3.05) is 0 Å². The molecule has 5 nitrogen and oxygen atoms in total. The van der Waals surface area contributed by atoms with Gasteiger partial charge in [-0.05, 0) is 38.5 Å². The number of esters is 1. The van der Waals surface area contributed by atoms with E-state index in [1.54, 1.807) is 11.6 Å². The summed E-state index contributed by atoms with van der Waals surface area (Å²) in [7, 11) is 0. The lowest BCUT2D eigenvalue weighted by molar-refractivity contribution is -0.150. The molecule has 1 aromatic heterocycles. The molecule has 0 radical (unpaired) electrons. The smallest absolute Gasteiger partial charge is 0.316 e. The lowest BCUT2D eigenvalue weighted by Crippen LogP contribution is -2.31. The topological polar surface area (TPSA) is 67.9 Å². The number of nitriles is 1. The predicted octanol–water partition coefficient (Wildman–Crippen LogP) is 4.07. The van der Waals surface area contributed by atoms with Crippen LogP contribution < -0.4 is 0 Å². The van der Waals surface area contributed by atoms with Gasteiger partial charge in [-0.3, -0.25) is 4.79 Å². The Bertz CT molecular complexity index is 984. The Morgan fingerprint density at radius 1 is 1.11 bits per heavy atom. The number of hydrogen-bond acceptors (Lipinski definition) is 4. The normalized spacial score (nSPS) is 11.0. The average Bonchev–Trinajstić information content (AvgIpc) is 3.02. The zero-order chi connectivity index (χ0) is 19.4. The summed E-state index contributed by atoms with van der Waals surface area (Å²) < 4.78 is 7.28. The molecular weight excluding hydrogens is 338 g/mol. The summed E-state index contributed by atoms with van der Waals surface area (Å²) in [5.41, 5.74) is 2.51. The largest absolute Gasteiger partial charge is 0.458 e. The molecule has 1 heterocycles. The van der Waals surface area contributed by atoms with E-state index in [1.165, 1.54) is 0 Å². The molecule has 136 valence electrons. The van der Waals surface area contributed by atoms with Gasteiger partial charge in [0.25, 0.3) is 0 Å². The number of hydrogen-bond donors (Lipinski definition) is 0. The molecule has 3 rings (SSSR count). The Hall–Kier alpha value is -3.39. The number of nitrogens with zero attached hydrogens (tertiary/aromatic N) is 3. The molecule has 0 atom stereocenters. The van der Waals surface area contributed by atoms with Crippen LogP contribution in [-0.2, 0) is 21.6 Å². The van der Waals surface area contributed by atoms with Crippen molar-refractivity contribution in [1.29, 1.82) is 5.26 Å². The van der Waals surface area contributed by atoms with Gasteiger partial charge in [-0.1, -0.05) is 48.5 Å². The van der Waals surface area contributed by atoms with Crippen molar-refractivity contribution in [2.24, 2.45) is 0 Å². The number of carbonyl (C=O) groups is 1. The first-order chi connectivity index (χ1) is 12.9. The van der Waals surface area contributed by atoms with Crippen LogP contribution >= 0.6 is 0 Å². The van der Waals surface area contributed by atoms with Crippen LogP contribution in [0.25, 0.3) is 5.69 Å². The molecule has 0 aliphatic heterocycles. The fraction of sp³-hybridized carbons (Fsp3) is 0.227. The maximum absolute atomic E-state index is 12.8. The highest BCUT2D eigenvalue weighted by molar-refractivity contribution is 5.82. The van der Waals surface area contributed by atoms with E-state index in [0.717, 1.165) is 11.3 Å². The minimum Gasteiger partial charge on any atom is -0.458 e. The number of para-hydroxylation sites is 1. The summed E-state index contributed by atoms with van der Waals surface area (Å²) in [6.07, 6.45) is 0. The Labute approximate surface area is 158 Å². The van der Waals surface area contributed by atoms with Crippen LogP contribution in [0.2, 0.25) is 0 Å². The van der Waals surface area contributed by atoms with Gasteiger partial charge >= 0.3 is 5.97 Å². The van der Waals surface area contributed by atoms with Crippen molar-refractivity contribution in [2.45, 2.75) is 32.8 Å². The molecule has 0 saturated carbocycles. The minimum atomic E-state index is -0.791. The maximum atomic E-state index is 12.8. The molecule has 2 aromatic carbocycles. The molecule has 0 N–H and O–H groups in total. The third-order valence-electron chi connectivity index (χ3n) is 4.61. The molecule has 0 saturated heterocycles. The number of ether oxygens (including phenoxy) is 1. The molecule has 0 unspecified atom stereocenters. The van der Waals surface area contributed by atoms with Crippen LogP contribution in [0.15, 0.2) is 60.7 Å². The van der Waals surface area contributed by atoms with Crippen LogP contribution in [0.1, 0.15) is 36.4 Å². The lowest BCUT2D eigenvalue weighted by Gasteiger charge is -2.23. The number of benzene rings is 2. The zero-order valence-corrected chi connectivity index (χ0v) is 15.6. The third kappa shape index (κ3) is 3.61. The molecular formula is C22H21N3O2. The molecule has 0 fully saturated rings. The van der Waals surface area contributed by atoms with Gasteiger partial charge in [0.2, 0.25) is 0 Å². The van der Waals surface area contributed by atoms with E-state index < -0.39 is 5.41 Å². The van der Waals surface area contributed by atoms with Crippen LogP contribution in [-0.4, -0.2) is 15.7 Å². The van der Waals surface area contributed by atoms with Crippen molar-refractivity contribution >= 4 is 5.97 Å². The second-order valence-electron chi connectivity index (χ2n) is 6.83. The summed E-state index contributed by atoms with van der Waals surface area (Å²) in [4.78, 5) is 12.8. The number of aromatic nitrogens is 2. The molecule has 27 heavy (non-hydrogen) atoms. The second-order valence-corrected chi connectivity index (χ2v) is 6.83. The summed E-state index contributed by atoms with van der Waals surface area (Å²) >= 11 is 0. The summed E-state index contributed by atoms with van der Waals surface area (Å²) in [5, 5.41) is 14.0. The fourth-order valence-corrected chi connectivity index (χ4v) is 2.92. The third-order valence-corrected chi connectivity index (χ3v) is 4.61. The quantitative estimate of drug-likeness (QED) is 0.644. The molecule has 3 aromatic rings. The van der Waals surface area contributed by atoms with Gasteiger partial charge in [-0.15, -0.1) is 0 Å². The SMILES string of the molecule is Cc1nn(-c2ccccc2)c(COC(=O)C(C)(C)c2ccccc2)c1C#N. The predicted molar refractivity (Wildman–Crippen MR) is 102 cm³/mol. The molecule has 0 aliphatic carbocycles. The van der Waals surface area contributed by atoms with E-state index in [4.69, 9.17) is 4.74 Å². The maximum Gasteiger partial charge on any atom is 0.316 e. The van der Waals surface area contributed by atoms with Crippen molar-refractivity contribution in [3.63, 3.8) is 0 Å². The van der Waals surface area contributed by atoms with Crippen molar-refractivity contribution < 1.29 is 9.53 Å². The Morgan fingerprint density at radius 2 is 1.70 bits per heavy atom. The second kappa shape index (κ2) is 7.46. The van der Waals surface area contributed by atoms with Gasteiger partial charge in [-0.2, -0.15) is 10.4 Å². The molecule has 0 aliphatic rings. The Balaban J connectivity index is 1.88. The number of rotatable bonds is 5. The number of aryl methyl sites for hydroxylation is 1. The van der Waals surface area contributed by atoms with Crippen LogP contribution in [0.5, 0.6) is 0 Å². The van der Waals surface area contributed by atoms with Crippen molar-refractivity contribution in [3.05, 3.63) is 83.2 Å². The Morgan fingerprint density at radius 3 is 2.30 bits per heavy atom. The lowest BCUT2D eigenvalue weighted by atomic mass is 9.85.